The number of benzene rings is 1. The maximum absolute atomic E-state index is 12.2. The van der Waals surface area contributed by atoms with Gasteiger partial charge in [0.2, 0.25) is 0 Å². The molecule has 0 aliphatic heterocycles. The molecule has 2 rings (SSSR count). The average Bonchev–Trinajstić information content (AvgIpc) is 2.53. The molecule has 0 bridgehead atoms. The highest BCUT2D eigenvalue weighted by molar-refractivity contribution is 9.10. The minimum Gasteiger partial charge on any atom is -0.345 e. The number of nitrogens with zero attached hydrogens (tertiary/aromatic N) is 2. The van der Waals surface area contributed by atoms with Crippen LogP contribution in [-0.4, -0.2) is 10.9 Å². The fourth-order valence-electron chi connectivity index (χ4n) is 1.92. The monoisotopic (exact) mass is 355 g/mol. The number of rotatable bonds is 4. The molecule has 22 heavy (non-hydrogen) atoms. The summed E-state index contributed by atoms with van der Waals surface area (Å²) >= 11 is 3.31. The Morgan fingerprint density at radius 1 is 1.36 bits per heavy atom. The molecule has 1 aromatic heterocycles. The Bertz CT molecular complexity index is 735. The lowest BCUT2D eigenvalue weighted by Gasteiger charge is -2.13. The van der Waals surface area contributed by atoms with Crippen molar-refractivity contribution < 1.29 is 4.79 Å². The molecule has 0 radical (unpaired) electrons. The largest absolute Gasteiger partial charge is 0.345 e. The molecule has 1 N–H and O–H groups in total. The summed E-state index contributed by atoms with van der Waals surface area (Å²) in [6.07, 6.45) is 4.75. The lowest BCUT2D eigenvalue weighted by Crippen LogP contribution is -2.27. The van der Waals surface area contributed by atoms with E-state index in [1.54, 1.807) is 18.5 Å². The van der Waals surface area contributed by atoms with Crippen molar-refractivity contribution in [2.45, 2.75) is 13.0 Å². The Kier molecular flexibility index (Phi) is 5.45. The maximum Gasteiger partial charge on any atom is 0.262 e. The molecule has 1 unspecified atom stereocenters. The third-order valence-electron chi connectivity index (χ3n) is 3.05. The van der Waals surface area contributed by atoms with Crippen LogP contribution < -0.4 is 5.32 Å². The van der Waals surface area contributed by atoms with Crippen LogP contribution in [0.2, 0.25) is 0 Å². The summed E-state index contributed by atoms with van der Waals surface area (Å²) in [7, 11) is 0. The van der Waals surface area contributed by atoms with Crippen LogP contribution in [0.4, 0.5) is 0 Å². The predicted octanol–water partition coefficient (Wildman–Crippen LogP) is 3.63. The van der Waals surface area contributed by atoms with Gasteiger partial charge in [-0.1, -0.05) is 30.3 Å². The van der Waals surface area contributed by atoms with Gasteiger partial charge in [-0.2, -0.15) is 5.26 Å². The van der Waals surface area contributed by atoms with Gasteiger partial charge in [-0.25, -0.2) is 0 Å². The van der Waals surface area contributed by atoms with Crippen LogP contribution >= 0.6 is 15.9 Å². The maximum atomic E-state index is 12.2. The van der Waals surface area contributed by atoms with Gasteiger partial charge in [0.25, 0.3) is 5.91 Å². The first-order valence-corrected chi connectivity index (χ1v) is 7.47. The van der Waals surface area contributed by atoms with Gasteiger partial charge < -0.3 is 5.32 Å². The first-order chi connectivity index (χ1) is 10.6. The highest BCUT2D eigenvalue weighted by atomic mass is 79.9. The van der Waals surface area contributed by atoms with Gasteiger partial charge in [0.1, 0.15) is 11.6 Å². The van der Waals surface area contributed by atoms with E-state index in [4.69, 9.17) is 0 Å². The van der Waals surface area contributed by atoms with Crippen LogP contribution in [0.1, 0.15) is 24.1 Å². The quantitative estimate of drug-likeness (QED) is 0.672. The Labute approximate surface area is 137 Å². The van der Waals surface area contributed by atoms with Crippen molar-refractivity contribution in [2.75, 3.05) is 0 Å². The Morgan fingerprint density at radius 2 is 2.09 bits per heavy atom. The third-order valence-corrected chi connectivity index (χ3v) is 3.48. The van der Waals surface area contributed by atoms with Gasteiger partial charge in [0, 0.05) is 16.9 Å². The van der Waals surface area contributed by atoms with Crippen LogP contribution in [0.5, 0.6) is 0 Å². The van der Waals surface area contributed by atoms with E-state index >= 15 is 0 Å². The Balaban J connectivity index is 2.14. The Hall–Kier alpha value is -2.45. The number of hydrogen-bond donors (Lipinski definition) is 1. The fourth-order valence-corrected chi connectivity index (χ4v) is 2.30. The fraction of sp³-hybridized carbons (Fsp3) is 0.118. The smallest absolute Gasteiger partial charge is 0.262 e. The molecule has 0 aliphatic rings. The lowest BCUT2D eigenvalue weighted by molar-refractivity contribution is -0.117. The van der Waals surface area contributed by atoms with E-state index in [-0.39, 0.29) is 11.6 Å². The van der Waals surface area contributed by atoms with Gasteiger partial charge in [-0.05, 0) is 46.1 Å². The summed E-state index contributed by atoms with van der Waals surface area (Å²) in [5.41, 5.74) is 1.72. The molecule has 4 nitrogen and oxygen atoms in total. The number of aromatic nitrogens is 1. The van der Waals surface area contributed by atoms with E-state index in [1.807, 2.05) is 43.3 Å². The number of pyridine rings is 1. The number of halogens is 1. The number of carbonyl (C=O) groups excluding carboxylic acids is 1. The lowest BCUT2D eigenvalue weighted by atomic mass is 10.1. The van der Waals surface area contributed by atoms with E-state index < -0.39 is 5.91 Å². The molecule has 1 aromatic carbocycles. The van der Waals surface area contributed by atoms with Crippen molar-refractivity contribution in [3.63, 3.8) is 0 Å². The van der Waals surface area contributed by atoms with Crippen LogP contribution in [0, 0.1) is 11.3 Å². The van der Waals surface area contributed by atoms with E-state index in [0.717, 1.165) is 10.0 Å². The van der Waals surface area contributed by atoms with Crippen molar-refractivity contribution in [3.05, 3.63) is 70.0 Å². The van der Waals surface area contributed by atoms with Gasteiger partial charge >= 0.3 is 0 Å². The number of nitriles is 1. The minimum absolute atomic E-state index is 0.0441. The molecular formula is C17H14BrN3O. The molecule has 1 amide bonds. The zero-order valence-electron chi connectivity index (χ0n) is 12.0. The first kappa shape index (κ1) is 15.9. The van der Waals surface area contributed by atoms with Crippen LogP contribution in [0.25, 0.3) is 6.08 Å². The molecule has 2 aromatic rings. The van der Waals surface area contributed by atoms with Crippen molar-refractivity contribution in [1.82, 2.24) is 10.3 Å². The van der Waals surface area contributed by atoms with Crippen LogP contribution in [0.3, 0.4) is 0 Å². The van der Waals surface area contributed by atoms with Crippen LogP contribution in [-0.2, 0) is 4.79 Å². The molecule has 0 saturated carbocycles. The number of nitrogens with one attached hydrogen (secondary N) is 1. The summed E-state index contributed by atoms with van der Waals surface area (Å²) in [5.74, 6) is -0.404. The summed E-state index contributed by atoms with van der Waals surface area (Å²) < 4.78 is 0.789. The van der Waals surface area contributed by atoms with Crippen LogP contribution in [0.15, 0.2) is 58.8 Å². The van der Waals surface area contributed by atoms with Crippen molar-refractivity contribution in [1.29, 1.82) is 5.26 Å². The van der Waals surface area contributed by atoms with Gasteiger partial charge in [0.05, 0.1) is 6.04 Å². The van der Waals surface area contributed by atoms with Crippen molar-refractivity contribution >= 4 is 27.9 Å². The number of carbonyl (C=O) groups is 1. The topological polar surface area (TPSA) is 65.8 Å². The number of amides is 1. The second-order valence-electron chi connectivity index (χ2n) is 4.71. The predicted molar refractivity (Wildman–Crippen MR) is 88.5 cm³/mol. The average molecular weight is 356 g/mol. The zero-order valence-corrected chi connectivity index (χ0v) is 13.5. The number of hydrogen-bond acceptors (Lipinski definition) is 3. The van der Waals surface area contributed by atoms with Gasteiger partial charge in [-0.15, -0.1) is 0 Å². The third kappa shape index (κ3) is 4.27. The van der Waals surface area contributed by atoms with Gasteiger partial charge in [0.15, 0.2) is 0 Å². The van der Waals surface area contributed by atoms with E-state index in [9.17, 15) is 10.1 Å². The molecule has 1 atom stereocenters. The molecule has 0 fully saturated rings. The summed E-state index contributed by atoms with van der Waals surface area (Å²) in [4.78, 5) is 16.2. The molecule has 0 aliphatic carbocycles. The molecule has 5 heteroatoms. The second-order valence-corrected chi connectivity index (χ2v) is 5.63. The van der Waals surface area contributed by atoms with E-state index in [1.165, 1.54) is 6.08 Å². The van der Waals surface area contributed by atoms with Crippen molar-refractivity contribution in [3.8, 4) is 6.07 Å². The highest BCUT2D eigenvalue weighted by Gasteiger charge is 2.13. The summed E-state index contributed by atoms with van der Waals surface area (Å²) in [6.45, 7) is 1.88. The van der Waals surface area contributed by atoms with E-state index in [2.05, 4.69) is 26.2 Å². The van der Waals surface area contributed by atoms with Crippen molar-refractivity contribution in [2.24, 2.45) is 0 Å². The Morgan fingerprint density at radius 3 is 2.73 bits per heavy atom. The molecule has 0 spiro atoms. The second kappa shape index (κ2) is 7.53. The molecule has 110 valence electrons. The summed E-state index contributed by atoms with van der Waals surface area (Å²) in [6, 6.07) is 13.1. The van der Waals surface area contributed by atoms with E-state index in [0.29, 0.717) is 5.56 Å². The van der Waals surface area contributed by atoms with Gasteiger partial charge in [-0.3, -0.25) is 9.78 Å². The summed E-state index contributed by atoms with van der Waals surface area (Å²) in [5, 5.41) is 12.0. The standard InChI is InChI=1S/C17H14BrN3O/c1-12(14-5-3-2-4-6-14)21-17(22)15(9-19)7-13-8-16(18)11-20-10-13/h2-8,10-12H,1H3,(H,21,22). The first-order valence-electron chi connectivity index (χ1n) is 6.68. The molecule has 0 saturated heterocycles. The highest BCUT2D eigenvalue weighted by Crippen LogP contribution is 2.15. The minimum atomic E-state index is -0.404. The molecule has 1 heterocycles. The SMILES string of the molecule is CC(NC(=O)C(C#N)=Cc1cncc(Br)c1)c1ccccc1. The zero-order chi connectivity index (χ0) is 15.9. The normalized spacial score (nSPS) is 12.3. The molecular weight excluding hydrogens is 342 g/mol.